The summed E-state index contributed by atoms with van der Waals surface area (Å²) in [6.07, 6.45) is 4.40. The number of rotatable bonds is 8. The zero-order valence-electron chi connectivity index (χ0n) is 19.0. The van der Waals surface area contributed by atoms with Crippen molar-refractivity contribution in [1.82, 2.24) is 15.2 Å². The fraction of sp³-hybridized carbons (Fsp3) is 0.400. The summed E-state index contributed by atoms with van der Waals surface area (Å²) in [4.78, 5) is 6.83. The smallest absolute Gasteiger partial charge is 0.190 e. The normalized spacial score (nSPS) is 16.1. The molecule has 0 spiro atoms. The van der Waals surface area contributed by atoms with Crippen molar-refractivity contribution in [3.05, 3.63) is 60.8 Å². The first-order valence-corrected chi connectivity index (χ1v) is 11.1. The van der Waals surface area contributed by atoms with Gasteiger partial charge in [0, 0.05) is 63.2 Å². The van der Waals surface area contributed by atoms with Crippen LogP contribution in [0.15, 0.2) is 65.8 Å². The van der Waals surface area contributed by atoms with Crippen LogP contribution in [0, 0.1) is 5.92 Å². The van der Waals surface area contributed by atoms with Gasteiger partial charge in [-0.2, -0.15) is 0 Å². The molecule has 0 radical (unpaired) electrons. The summed E-state index contributed by atoms with van der Waals surface area (Å²) in [6, 6.07) is 19.0. The lowest BCUT2D eigenvalue weighted by atomic mass is 10.1. The number of benzene rings is 2. The Morgan fingerprint density at radius 2 is 2.00 bits per heavy atom. The molecule has 0 aliphatic carbocycles. The summed E-state index contributed by atoms with van der Waals surface area (Å²) in [6.45, 7) is 4.96. The molecule has 1 aromatic heterocycles. The molecule has 1 atom stereocenters. The highest BCUT2D eigenvalue weighted by atomic mass is 127. The number of anilines is 1. The number of para-hydroxylation sites is 1. The van der Waals surface area contributed by atoms with Gasteiger partial charge in [0.05, 0.1) is 7.11 Å². The fourth-order valence-electron chi connectivity index (χ4n) is 4.29. The van der Waals surface area contributed by atoms with Gasteiger partial charge in [0.25, 0.3) is 0 Å². The number of hydrogen-bond acceptors (Lipinski definition) is 3. The van der Waals surface area contributed by atoms with Gasteiger partial charge in [-0.3, -0.25) is 4.99 Å². The molecule has 4 rings (SSSR count). The van der Waals surface area contributed by atoms with Crippen molar-refractivity contribution >= 4 is 46.5 Å². The Balaban J connectivity index is 0.00000289. The van der Waals surface area contributed by atoms with Gasteiger partial charge in [-0.25, -0.2) is 0 Å². The molecule has 172 valence electrons. The first-order chi connectivity index (χ1) is 15.3. The molecule has 3 aromatic rings. The van der Waals surface area contributed by atoms with Gasteiger partial charge in [0.15, 0.2) is 5.96 Å². The number of nitrogens with zero attached hydrogens (tertiary/aromatic N) is 3. The van der Waals surface area contributed by atoms with E-state index in [-0.39, 0.29) is 24.0 Å². The zero-order chi connectivity index (χ0) is 21.5. The molecule has 7 heteroatoms. The Hall–Kier alpha value is -2.42. The van der Waals surface area contributed by atoms with Crippen LogP contribution in [-0.4, -0.2) is 50.9 Å². The van der Waals surface area contributed by atoms with E-state index < -0.39 is 0 Å². The van der Waals surface area contributed by atoms with Crippen LogP contribution in [0.5, 0.6) is 5.75 Å². The maximum atomic E-state index is 5.36. The second-order valence-corrected chi connectivity index (χ2v) is 8.10. The van der Waals surface area contributed by atoms with Gasteiger partial charge in [-0.05, 0) is 48.4 Å². The molecule has 2 N–H and O–H groups in total. The van der Waals surface area contributed by atoms with E-state index in [1.54, 1.807) is 7.11 Å². The molecule has 1 aliphatic rings. The summed E-state index contributed by atoms with van der Waals surface area (Å²) in [5.74, 6) is 2.41. The third kappa shape index (κ3) is 6.09. The van der Waals surface area contributed by atoms with E-state index in [0.717, 1.165) is 50.9 Å². The Bertz CT molecular complexity index is 1020. The number of fused-ring (bicyclic) bond motifs is 1. The number of hydrogen-bond donors (Lipinski definition) is 2. The number of aliphatic imine (C=N–C) groups is 1. The van der Waals surface area contributed by atoms with E-state index in [1.807, 2.05) is 13.1 Å². The molecule has 0 saturated carbocycles. The lowest BCUT2D eigenvalue weighted by molar-refractivity contribution is 0.415. The highest BCUT2D eigenvalue weighted by molar-refractivity contribution is 14.0. The maximum absolute atomic E-state index is 5.36. The predicted octanol–water partition coefficient (Wildman–Crippen LogP) is 4.35. The van der Waals surface area contributed by atoms with Gasteiger partial charge in [0.2, 0.25) is 0 Å². The van der Waals surface area contributed by atoms with E-state index in [4.69, 9.17) is 4.74 Å². The predicted molar refractivity (Wildman–Crippen MR) is 145 cm³/mol. The molecule has 0 amide bonds. The lowest BCUT2D eigenvalue weighted by Gasteiger charge is -2.20. The van der Waals surface area contributed by atoms with Gasteiger partial charge in [0.1, 0.15) is 5.75 Å². The highest BCUT2D eigenvalue weighted by Crippen LogP contribution is 2.26. The Morgan fingerprint density at radius 1 is 1.12 bits per heavy atom. The average molecular weight is 547 g/mol. The lowest BCUT2D eigenvalue weighted by Crippen LogP contribution is -2.40. The molecule has 32 heavy (non-hydrogen) atoms. The number of methoxy groups -OCH3 is 1. The van der Waals surface area contributed by atoms with Crippen LogP contribution in [0.2, 0.25) is 0 Å². The van der Waals surface area contributed by atoms with E-state index >= 15 is 0 Å². The molecule has 1 aliphatic heterocycles. The monoisotopic (exact) mass is 547 g/mol. The number of nitrogens with one attached hydrogen (secondary N) is 2. The third-order valence-electron chi connectivity index (χ3n) is 6.03. The molecule has 1 saturated heterocycles. The quantitative estimate of drug-likeness (QED) is 0.191. The van der Waals surface area contributed by atoms with Crippen molar-refractivity contribution in [2.75, 3.05) is 45.2 Å². The van der Waals surface area contributed by atoms with Crippen molar-refractivity contribution < 1.29 is 4.74 Å². The molecule has 1 unspecified atom stereocenters. The van der Waals surface area contributed by atoms with Crippen LogP contribution in [0.4, 0.5) is 5.69 Å². The maximum Gasteiger partial charge on any atom is 0.190 e. The average Bonchev–Trinajstić information content (AvgIpc) is 3.46. The molecule has 0 bridgehead atoms. The first kappa shape index (κ1) is 24.2. The van der Waals surface area contributed by atoms with Crippen LogP contribution >= 0.6 is 24.0 Å². The SMILES string of the molecule is CN=C(NCCCn1ccc2ccccc21)NCC1CCN(c2cccc(OC)c2)C1.I. The summed E-state index contributed by atoms with van der Waals surface area (Å²) in [7, 11) is 3.56. The second kappa shape index (κ2) is 12.0. The van der Waals surface area contributed by atoms with Crippen molar-refractivity contribution in [2.24, 2.45) is 10.9 Å². The standard InChI is InChI=1S/C25H33N5O.HI/c1-26-25(27-13-6-14-29-16-12-21-7-3-4-10-24(21)29)28-18-20-11-15-30(19-20)22-8-5-9-23(17-22)31-2;/h3-5,7-10,12,16-17,20H,6,11,13-15,18-19H2,1-2H3,(H2,26,27,28);1H. The van der Waals surface area contributed by atoms with Gasteiger partial charge >= 0.3 is 0 Å². The summed E-state index contributed by atoms with van der Waals surface area (Å²) in [5.41, 5.74) is 2.54. The largest absolute Gasteiger partial charge is 0.497 e. The molecule has 1 fully saturated rings. The van der Waals surface area contributed by atoms with Gasteiger partial charge in [-0.15, -0.1) is 24.0 Å². The van der Waals surface area contributed by atoms with Crippen molar-refractivity contribution in [2.45, 2.75) is 19.4 Å². The number of ether oxygens (including phenoxy) is 1. The third-order valence-corrected chi connectivity index (χ3v) is 6.03. The molecule has 2 heterocycles. The fourth-order valence-corrected chi connectivity index (χ4v) is 4.29. The van der Waals surface area contributed by atoms with Crippen LogP contribution in [-0.2, 0) is 6.54 Å². The zero-order valence-corrected chi connectivity index (χ0v) is 21.3. The summed E-state index contributed by atoms with van der Waals surface area (Å²) < 4.78 is 7.68. The van der Waals surface area contributed by atoms with Crippen molar-refractivity contribution in [1.29, 1.82) is 0 Å². The van der Waals surface area contributed by atoms with Gasteiger partial charge < -0.3 is 24.8 Å². The Morgan fingerprint density at radius 3 is 2.84 bits per heavy atom. The number of halogens is 1. The Labute approximate surface area is 208 Å². The molecule has 6 nitrogen and oxygen atoms in total. The van der Waals surface area contributed by atoms with E-state index in [1.165, 1.54) is 23.0 Å². The van der Waals surface area contributed by atoms with Gasteiger partial charge in [-0.1, -0.05) is 24.3 Å². The molecular formula is C25H34IN5O. The first-order valence-electron chi connectivity index (χ1n) is 11.1. The van der Waals surface area contributed by atoms with E-state index in [9.17, 15) is 0 Å². The minimum absolute atomic E-state index is 0. The summed E-state index contributed by atoms with van der Waals surface area (Å²) >= 11 is 0. The minimum Gasteiger partial charge on any atom is -0.497 e. The molecular weight excluding hydrogens is 513 g/mol. The molecule has 2 aromatic carbocycles. The van der Waals surface area contributed by atoms with Crippen LogP contribution in [0.25, 0.3) is 10.9 Å². The van der Waals surface area contributed by atoms with Crippen LogP contribution < -0.4 is 20.3 Å². The van der Waals surface area contributed by atoms with Crippen molar-refractivity contribution in [3.8, 4) is 5.75 Å². The second-order valence-electron chi connectivity index (χ2n) is 8.10. The number of aryl methyl sites for hydroxylation is 1. The Kier molecular flexibility index (Phi) is 9.08. The number of aromatic nitrogens is 1. The van der Waals surface area contributed by atoms with Crippen LogP contribution in [0.1, 0.15) is 12.8 Å². The van der Waals surface area contributed by atoms with E-state index in [0.29, 0.717) is 5.92 Å². The topological polar surface area (TPSA) is 53.8 Å². The van der Waals surface area contributed by atoms with E-state index in [2.05, 4.69) is 79.8 Å². The van der Waals surface area contributed by atoms with Crippen LogP contribution in [0.3, 0.4) is 0 Å². The highest BCUT2D eigenvalue weighted by Gasteiger charge is 2.23. The number of guanidine groups is 1. The summed E-state index contributed by atoms with van der Waals surface area (Å²) in [5, 5.41) is 8.27. The van der Waals surface area contributed by atoms with Crippen molar-refractivity contribution in [3.63, 3.8) is 0 Å². The minimum atomic E-state index is 0.